The molecule has 1 aromatic carbocycles. The molecule has 20 heavy (non-hydrogen) atoms. The molecule has 0 saturated carbocycles. The SMILES string of the molecule is CCCNC(c1cccc(CC)c1)c1cn(C)nc1C. The molecule has 3 nitrogen and oxygen atoms in total. The van der Waals surface area contributed by atoms with E-state index in [0.717, 1.165) is 25.1 Å². The highest BCUT2D eigenvalue weighted by atomic mass is 15.3. The predicted octanol–water partition coefficient (Wildman–Crippen LogP) is 3.38. The Morgan fingerprint density at radius 2 is 2.10 bits per heavy atom. The molecule has 3 heteroatoms. The van der Waals surface area contributed by atoms with Gasteiger partial charge in [0.25, 0.3) is 0 Å². The molecular formula is C17H25N3. The average Bonchev–Trinajstić information content (AvgIpc) is 2.78. The van der Waals surface area contributed by atoms with E-state index in [1.807, 2.05) is 11.7 Å². The molecule has 108 valence electrons. The number of benzene rings is 1. The van der Waals surface area contributed by atoms with Crippen molar-refractivity contribution in [3.8, 4) is 0 Å². The fraction of sp³-hybridized carbons (Fsp3) is 0.471. The fourth-order valence-electron chi connectivity index (χ4n) is 2.59. The van der Waals surface area contributed by atoms with E-state index < -0.39 is 0 Å². The summed E-state index contributed by atoms with van der Waals surface area (Å²) in [7, 11) is 1.98. The predicted molar refractivity (Wildman–Crippen MR) is 83.9 cm³/mol. The van der Waals surface area contributed by atoms with Crippen LogP contribution < -0.4 is 5.32 Å². The van der Waals surface area contributed by atoms with Crippen LogP contribution in [0.15, 0.2) is 30.5 Å². The van der Waals surface area contributed by atoms with Gasteiger partial charge in [0.05, 0.1) is 11.7 Å². The average molecular weight is 271 g/mol. The highest BCUT2D eigenvalue weighted by Gasteiger charge is 2.18. The van der Waals surface area contributed by atoms with E-state index in [9.17, 15) is 0 Å². The van der Waals surface area contributed by atoms with Gasteiger partial charge in [-0.3, -0.25) is 4.68 Å². The lowest BCUT2D eigenvalue weighted by molar-refractivity contribution is 0.595. The molecule has 0 saturated heterocycles. The maximum Gasteiger partial charge on any atom is 0.0644 e. The summed E-state index contributed by atoms with van der Waals surface area (Å²) in [6.45, 7) is 7.49. The molecule has 2 rings (SSSR count). The van der Waals surface area contributed by atoms with Gasteiger partial charge < -0.3 is 5.32 Å². The van der Waals surface area contributed by atoms with Crippen molar-refractivity contribution in [1.82, 2.24) is 15.1 Å². The molecule has 0 fully saturated rings. The zero-order valence-electron chi connectivity index (χ0n) is 13.0. The maximum absolute atomic E-state index is 4.48. The summed E-state index contributed by atoms with van der Waals surface area (Å²) in [4.78, 5) is 0. The van der Waals surface area contributed by atoms with E-state index in [1.54, 1.807) is 0 Å². The van der Waals surface area contributed by atoms with Gasteiger partial charge in [0.2, 0.25) is 0 Å². The zero-order valence-corrected chi connectivity index (χ0v) is 13.0. The first kappa shape index (κ1) is 14.8. The van der Waals surface area contributed by atoms with E-state index in [-0.39, 0.29) is 6.04 Å². The van der Waals surface area contributed by atoms with Crippen molar-refractivity contribution < 1.29 is 0 Å². The van der Waals surface area contributed by atoms with Crippen LogP contribution in [0.4, 0.5) is 0 Å². The first-order valence-corrected chi connectivity index (χ1v) is 7.48. The first-order valence-electron chi connectivity index (χ1n) is 7.48. The van der Waals surface area contributed by atoms with E-state index in [2.05, 4.69) is 61.6 Å². The van der Waals surface area contributed by atoms with Crippen molar-refractivity contribution in [2.45, 2.75) is 39.7 Å². The lowest BCUT2D eigenvalue weighted by Gasteiger charge is -2.19. The quantitative estimate of drug-likeness (QED) is 0.873. The molecule has 0 bridgehead atoms. The van der Waals surface area contributed by atoms with Crippen LogP contribution in [0.1, 0.15) is 48.7 Å². The monoisotopic (exact) mass is 271 g/mol. The van der Waals surface area contributed by atoms with Gasteiger partial charge in [0, 0.05) is 18.8 Å². The van der Waals surface area contributed by atoms with Gasteiger partial charge in [-0.15, -0.1) is 0 Å². The number of hydrogen-bond donors (Lipinski definition) is 1. The molecule has 0 aliphatic rings. The number of nitrogens with zero attached hydrogens (tertiary/aromatic N) is 2. The highest BCUT2D eigenvalue weighted by molar-refractivity contribution is 5.35. The molecule has 2 aromatic rings. The third-order valence-corrected chi connectivity index (χ3v) is 3.65. The Morgan fingerprint density at radius 1 is 1.30 bits per heavy atom. The molecule has 0 spiro atoms. The van der Waals surface area contributed by atoms with Crippen LogP contribution in [0.5, 0.6) is 0 Å². The van der Waals surface area contributed by atoms with E-state index >= 15 is 0 Å². The van der Waals surface area contributed by atoms with Gasteiger partial charge >= 0.3 is 0 Å². The largest absolute Gasteiger partial charge is 0.306 e. The Labute approximate surface area is 122 Å². The lowest BCUT2D eigenvalue weighted by Crippen LogP contribution is -2.23. The van der Waals surface area contributed by atoms with Crippen LogP contribution in [0.25, 0.3) is 0 Å². The van der Waals surface area contributed by atoms with Gasteiger partial charge in [-0.25, -0.2) is 0 Å². The van der Waals surface area contributed by atoms with Crippen molar-refractivity contribution in [3.05, 3.63) is 52.8 Å². The van der Waals surface area contributed by atoms with Crippen molar-refractivity contribution in [2.75, 3.05) is 6.54 Å². The smallest absolute Gasteiger partial charge is 0.0644 e. The van der Waals surface area contributed by atoms with Gasteiger partial charge in [-0.1, -0.05) is 38.1 Å². The van der Waals surface area contributed by atoms with Gasteiger partial charge in [-0.2, -0.15) is 5.10 Å². The Balaban J connectivity index is 2.38. The number of hydrogen-bond acceptors (Lipinski definition) is 2. The second kappa shape index (κ2) is 6.71. The molecule has 1 atom stereocenters. The minimum Gasteiger partial charge on any atom is -0.306 e. The Kier molecular flexibility index (Phi) is 4.96. The van der Waals surface area contributed by atoms with Crippen LogP contribution in [-0.2, 0) is 13.5 Å². The third-order valence-electron chi connectivity index (χ3n) is 3.65. The minimum atomic E-state index is 0.232. The summed E-state index contributed by atoms with van der Waals surface area (Å²) in [6, 6.07) is 9.09. The van der Waals surface area contributed by atoms with Crippen LogP contribution in [0.3, 0.4) is 0 Å². The van der Waals surface area contributed by atoms with Crippen LogP contribution in [0, 0.1) is 6.92 Å². The van der Waals surface area contributed by atoms with Gasteiger partial charge in [0.1, 0.15) is 0 Å². The number of rotatable bonds is 6. The summed E-state index contributed by atoms with van der Waals surface area (Å²) in [6.07, 6.45) is 4.32. The van der Waals surface area contributed by atoms with Crippen LogP contribution in [0.2, 0.25) is 0 Å². The summed E-state index contributed by atoms with van der Waals surface area (Å²) in [5.41, 5.74) is 5.08. The zero-order chi connectivity index (χ0) is 14.5. The van der Waals surface area contributed by atoms with E-state index in [4.69, 9.17) is 0 Å². The van der Waals surface area contributed by atoms with Crippen molar-refractivity contribution in [3.63, 3.8) is 0 Å². The second-order valence-electron chi connectivity index (χ2n) is 5.33. The van der Waals surface area contributed by atoms with E-state index in [1.165, 1.54) is 16.7 Å². The molecule has 0 aliphatic heterocycles. The molecule has 1 heterocycles. The maximum atomic E-state index is 4.48. The molecule has 1 aromatic heterocycles. The molecule has 1 N–H and O–H groups in total. The second-order valence-corrected chi connectivity index (χ2v) is 5.33. The molecule has 0 amide bonds. The highest BCUT2D eigenvalue weighted by Crippen LogP contribution is 2.25. The standard InChI is InChI=1S/C17H25N3/c1-5-10-18-17(16-12-20(4)19-13(16)3)15-9-7-8-14(6-2)11-15/h7-9,11-12,17-18H,5-6,10H2,1-4H3. The lowest BCUT2D eigenvalue weighted by atomic mass is 9.97. The van der Waals surface area contributed by atoms with Gasteiger partial charge in [0.15, 0.2) is 0 Å². The van der Waals surface area contributed by atoms with Crippen molar-refractivity contribution in [2.24, 2.45) is 7.05 Å². The molecule has 1 unspecified atom stereocenters. The third kappa shape index (κ3) is 3.28. The van der Waals surface area contributed by atoms with E-state index in [0.29, 0.717) is 0 Å². The summed E-state index contributed by atoms with van der Waals surface area (Å²) in [5, 5.41) is 8.14. The molecule has 0 radical (unpaired) electrons. The first-order chi connectivity index (χ1) is 9.65. The number of nitrogens with one attached hydrogen (secondary N) is 1. The Hall–Kier alpha value is -1.61. The minimum absolute atomic E-state index is 0.232. The summed E-state index contributed by atoms with van der Waals surface area (Å²) >= 11 is 0. The molecular weight excluding hydrogens is 246 g/mol. The number of aromatic nitrogens is 2. The Morgan fingerprint density at radius 3 is 2.70 bits per heavy atom. The molecule has 0 aliphatic carbocycles. The Bertz CT molecular complexity index is 557. The summed E-state index contributed by atoms with van der Waals surface area (Å²) in [5.74, 6) is 0. The normalized spacial score (nSPS) is 12.6. The van der Waals surface area contributed by atoms with Crippen molar-refractivity contribution >= 4 is 0 Å². The van der Waals surface area contributed by atoms with Crippen molar-refractivity contribution in [1.29, 1.82) is 0 Å². The number of aryl methyl sites for hydroxylation is 3. The summed E-state index contributed by atoms with van der Waals surface area (Å²) < 4.78 is 1.90. The fourth-order valence-corrected chi connectivity index (χ4v) is 2.59. The van der Waals surface area contributed by atoms with Gasteiger partial charge in [-0.05, 0) is 37.4 Å². The topological polar surface area (TPSA) is 29.9 Å². The van der Waals surface area contributed by atoms with Crippen LogP contribution in [-0.4, -0.2) is 16.3 Å². The van der Waals surface area contributed by atoms with Crippen LogP contribution >= 0.6 is 0 Å².